The largest absolute Gasteiger partial charge is 0.302 e. The van der Waals surface area contributed by atoms with Crippen LogP contribution in [0.3, 0.4) is 0 Å². The molecule has 0 aliphatic carbocycles. The molecule has 2 nitrogen and oxygen atoms in total. The Hall–Kier alpha value is -0.600. The molecule has 0 aliphatic heterocycles. The summed E-state index contributed by atoms with van der Waals surface area (Å²) >= 11 is 5.89. The van der Waals surface area contributed by atoms with Crippen LogP contribution in [0, 0.1) is 0 Å². The normalized spacial score (nSPS) is 10.7. The van der Waals surface area contributed by atoms with Gasteiger partial charge in [-0.05, 0) is 19.7 Å². The molecule has 0 unspecified atom stereocenters. The van der Waals surface area contributed by atoms with Crippen molar-refractivity contribution in [1.82, 2.24) is 9.88 Å². The number of pyridine rings is 1. The Kier molecular flexibility index (Phi) is 3.50. The van der Waals surface area contributed by atoms with Gasteiger partial charge in [0.1, 0.15) is 5.15 Å². The number of hydrogen-bond acceptors (Lipinski definition) is 2. The van der Waals surface area contributed by atoms with Crippen LogP contribution in [0.4, 0.5) is 0 Å². The highest BCUT2D eigenvalue weighted by atomic mass is 35.5. The molecule has 1 heterocycles. The van der Waals surface area contributed by atoms with E-state index in [9.17, 15) is 0 Å². The minimum atomic E-state index is 0.609. The van der Waals surface area contributed by atoms with Gasteiger partial charge in [0.25, 0.3) is 0 Å². The van der Waals surface area contributed by atoms with E-state index in [0.717, 1.165) is 18.7 Å². The van der Waals surface area contributed by atoms with Crippen molar-refractivity contribution in [2.24, 2.45) is 0 Å². The van der Waals surface area contributed by atoms with Gasteiger partial charge in [0, 0.05) is 18.3 Å². The molecule has 0 spiro atoms. The van der Waals surface area contributed by atoms with E-state index >= 15 is 0 Å². The van der Waals surface area contributed by atoms with E-state index in [0.29, 0.717) is 5.15 Å². The molecule has 0 amide bonds. The van der Waals surface area contributed by atoms with Crippen LogP contribution in [-0.2, 0) is 6.54 Å². The van der Waals surface area contributed by atoms with Crippen molar-refractivity contribution in [3.63, 3.8) is 0 Å². The van der Waals surface area contributed by atoms with Gasteiger partial charge in [-0.2, -0.15) is 0 Å². The quantitative estimate of drug-likeness (QED) is 0.670. The predicted octanol–water partition coefficient (Wildman–Crippen LogP) is 2.19. The molecule has 0 aliphatic rings. The number of nitrogens with zero attached hydrogens (tertiary/aromatic N) is 2. The Morgan fingerprint density at radius 2 is 2.33 bits per heavy atom. The van der Waals surface area contributed by atoms with E-state index in [2.05, 4.69) is 23.9 Å². The average Bonchev–Trinajstić information content (AvgIpc) is 2.09. The predicted molar refractivity (Wildman–Crippen MR) is 51.3 cm³/mol. The van der Waals surface area contributed by atoms with Crippen molar-refractivity contribution in [2.75, 3.05) is 13.6 Å². The number of rotatable bonds is 3. The Balaban J connectivity index is 2.69. The summed E-state index contributed by atoms with van der Waals surface area (Å²) in [7, 11) is 2.06. The summed E-state index contributed by atoms with van der Waals surface area (Å²) in [6.07, 6.45) is 1.71. The Labute approximate surface area is 78.2 Å². The summed E-state index contributed by atoms with van der Waals surface area (Å²) < 4.78 is 0. The summed E-state index contributed by atoms with van der Waals surface area (Å²) in [6, 6.07) is 3.91. The van der Waals surface area contributed by atoms with Gasteiger partial charge >= 0.3 is 0 Å². The Bertz CT molecular complexity index is 250. The fraction of sp³-hybridized carbons (Fsp3) is 0.444. The molecule has 0 atom stereocenters. The van der Waals surface area contributed by atoms with Crippen molar-refractivity contribution in [1.29, 1.82) is 0 Å². The van der Waals surface area contributed by atoms with E-state index in [1.165, 1.54) is 0 Å². The molecule has 66 valence electrons. The molecule has 0 bridgehead atoms. The first-order chi connectivity index (χ1) is 5.74. The third-order valence-electron chi connectivity index (χ3n) is 1.82. The van der Waals surface area contributed by atoms with Gasteiger partial charge in [0.2, 0.25) is 0 Å². The summed E-state index contributed by atoms with van der Waals surface area (Å²) in [4.78, 5) is 6.19. The van der Waals surface area contributed by atoms with Crippen LogP contribution in [0.25, 0.3) is 0 Å². The standard InChI is InChI=1S/C9H13ClN2/c1-3-12(2)7-8-5-4-6-11-9(8)10/h4-6H,3,7H2,1-2H3. The van der Waals surface area contributed by atoms with E-state index in [1.54, 1.807) is 6.20 Å². The molecule has 0 radical (unpaired) electrons. The molecule has 3 heteroatoms. The first-order valence-corrected chi connectivity index (χ1v) is 4.39. The summed E-state index contributed by atoms with van der Waals surface area (Å²) in [6.45, 7) is 4.00. The van der Waals surface area contributed by atoms with Gasteiger partial charge < -0.3 is 4.90 Å². The fourth-order valence-electron chi connectivity index (χ4n) is 0.940. The third kappa shape index (κ3) is 2.47. The molecule has 0 saturated carbocycles. The minimum Gasteiger partial charge on any atom is -0.302 e. The van der Waals surface area contributed by atoms with Crippen LogP contribution in [0.15, 0.2) is 18.3 Å². The molecular formula is C9H13ClN2. The van der Waals surface area contributed by atoms with Gasteiger partial charge in [0.15, 0.2) is 0 Å². The molecule has 0 saturated heterocycles. The number of halogens is 1. The van der Waals surface area contributed by atoms with Crippen LogP contribution >= 0.6 is 11.6 Å². The number of hydrogen-bond donors (Lipinski definition) is 0. The average molecular weight is 185 g/mol. The zero-order valence-electron chi connectivity index (χ0n) is 7.42. The lowest BCUT2D eigenvalue weighted by Gasteiger charge is -2.13. The van der Waals surface area contributed by atoms with Gasteiger partial charge in [-0.25, -0.2) is 4.98 Å². The minimum absolute atomic E-state index is 0.609. The van der Waals surface area contributed by atoms with Crippen molar-refractivity contribution >= 4 is 11.6 Å². The monoisotopic (exact) mass is 184 g/mol. The lowest BCUT2D eigenvalue weighted by atomic mass is 10.3. The number of aromatic nitrogens is 1. The van der Waals surface area contributed by atoms with Crippen molar-refractivity contribution in [3.8, 4) is 0 Å². The zero-order chi connectivity index (χ0) is 8.97. The lowest BCUT2D eigenvalue weighted by Crippen LogP contribution is -2.17. The second kappa shape index (κ2) is 4.43. The van der Waals surface area contributed by atoms with Gasteiger partial charge in [0.05, 0.1) is 0 Å². The first-order valence-electron chi connectivity index (χ1n) is 4.02. The van der Waals surface area contributed by atoms with Crippen molar-refractivity contribution in [3.05, 3.63) is 29.0 Å². The van der Waals surface area contributed by atoms with E-state index in [1.807, 2.05) is 12.1 Å². The second-order valence-corrected chi connectivity index (χ2v) is 3.14. The molecule has 1 rings (SSSR count). The molecule has 0 aromatic carbocycles. The maximum absolute atomic E-state index is 5.89. The SMILES string of the molecule is CCN(C)Cc1cccnc1Cl. The van der Waals surface area contributed by atoms with Crippen LogP contribution in [0.5, 0.6) is 0 Å². The second-order valence-electron chi connectivity index (χ2n) is 2.78. The summed E-state index contributed by atoms with van der Waals surface area (Å²) in [5, 5.41) is 0.609. The topological polar surface area (TPSA) is 16.1 Å². The van der Waals surface area contributed by atoms with Crippen LogP contribution in [0.2, 0.25) is 5.15 Å². The molecule has 1 aromatic heterocycles. The van der Waals surface area contributed by atoms with E-state index in [4.69, 9.17) is 11.6 Å². The maximum Gasteiger partial charge on any atom is 0.133 e. The van der Waals surface area contributed by atoms with Gasteiger partial charge in [-0.1, -0.05) is 24.6 Å². The summed E-state index contributed by atoms with van der Waals surface area (Å²) in [5.74, 6) is 0. The van der Waals surface area contributed by atoms with Crippen molar-refractivity contribution < 1.29 is 0 Å². The molecule has 12 heavy (non-hydrogen) atoms. The van der Waals surface area contributed by atoms with Gasteiger partial charge in [-0.15, -0.1) is 0 Å². The third-order valence-corrected chi connectivity index (χ3v) is 2.16. The smallest absolute Gasteiger partial charge is 0.133 e. The fourth-order valence-corrected chi connectivity index (χ4v) is 1.12. The Morgan fingerprint density at radius 1 is 1.58 bits per heavy atom. The zero-order valence-corrected chi connectivity index (χ0v) is 8.17. The van der Waals surface area contributed by atoms with Crippen LogP contribution < -0.4 is 0 Å². The van der Waals surface area contributed by atoms with Crippen LogP contribution in [0.1, 0.15) is 12.5 Å². The lowest BCUT2D eigenvalue weighted by molar-refractivity contribution is 0.345. The Morgan fingerprint density at radius 3 is 2.92 bits per heavy atom. The highest BCUT2D eigenvalue weighted by Gasteiger charge is 2.01. The summed E-state index contributed by atoms with van der Waals surface area (Å²) in [5.41, 5.74) is 1.09. The highest BCUT2D eigenvalue weighted by molar-refractivity contribution is 6.30. The molecule has 1 aromatic rings. The highest BCUT2D eigenvalue weighted by Crippen LogP contribution is 2.12. The van der Waals surface area contributed by atoms with Crippen molar-refractivity contribution in [2.45, 2.75) is 13.5 Å². The van der Waals surface area contributed by atoms with Crippen LogP contribution in [-0.4, -0.2) is 23.5 Å². The van der Waals surface area contributed by atoms with Gasteiger partial charge in [-0.3, -0.25) is 0 Å². The molecular weight excluding hydrogens is 172 g/mol. The first kappa shape index (κ1) is 9.49. The van der Waals surface area contributed by atoms with E-state index < -0.39 is 0 Å². The maximum atomic E-state index is 5.89. The molecule has 0 fully saturated rings. The van der Waals surface area contributed by atoms with E-state index in [-0.39, 0.29) is 0 Å². The molecule has 0 N–H and O–H groups in total.